The summed E-state index contributed by atoms with van der Waals surface area (Å²) in [6.45, 7) is 4.47. The molecule has 0 aliphatic rings. The highest BCUT2D eigenvalue weighted by Crippen LogP contribution is 2.38. The van der Waals surface area contributed by atoms with Crippen LogP contribution in [0.25, 0.3) is 0 Å². The molecule has 9 heteroatoms. The van der Waals surface area contributed by atoms with Crippen LogP contribution in [-0.4, -0.2) is 68.5 Å². The first-order valence-corrected chi connectivity index (χ1v) is 25.9. The fraction of sp³-hybridized carbons (Fsp3) is 0.712. The number of likely N-dealkylation sites (N-methyl/N-ethyl adjacent to an activating group) is 1. The van der Waals surface area contributed by atoms with Crippen LogP contribution in [0, 0.1) is 0 Å². The molecule has 0 saturated heterocycles. The standard InChI is InChI=1S/C52H93N2O6P/c1-6-8-10-12-14-16-18-20-22-24-25-26-27-28-30-31-33-35-37-39-41-43-45-51(55)50(49-60-61(57,58)59-48-47-54(3,4)5)53-52(56)46-44-42-40-38-36-34-32-29-23-21-19-17-15-13-11-9-7-2/h9,11,15,17,21,23,28,30,32,34-35,37,43,45,50-51,55H,6-8,10,12-14,16,18-20,22,24-27,29,31,33,36,38-42,44,46-49H2,1-5H3,(H-,53,56,57,58)/b11-9-,17-15-,23-21-,30-28+,34-32-,37-35+,45-43+. The normalized spacial score (nSPS) is 14.9. The average molecular weight is 873 g/mol. The molecular weight excluding hydrogens is 780 g/mol. The third-order valence-electron chi connectivity index (χ3n) is 10.3. The fourth-order valence-electron chi connectivity index (χ4n) is 6.47. The second kappa shape index (κ2) is 43.0. The van der Waals surface area contributed by atoms with Gasteiger partial charge < -0.3 is 28.8 Å². The molecule has 3 unspecified atom stereocenters. The predicted octanol–water partition coefficient (Wildman–Crippen LogP) is 13.5. The highest BCUT2D eigenvalue weighted by Gasteiger charge is 2.23. The van der Waals surface area contributed by atoms with Crippen molar-refractivity contribution < 1.29 is 32.9 Å². The Morgan fingerprint density at radius 3 is 1.52 bits per heavy atom. The lowest BCUT2D eigenvalue weighted by atomic mass is 10.0. The Morgan fingerprint density at radius 1 is 0.590 bits per heavy atom. The summed E-state index contributed by atoms with van der Waals surface area (Å²) in [5.41, 5.74) is 0. The smallest absolute Gasteiger partial charge is 0.268 e. The lowest BCUT2D eigenvalue weighted by Gasteiger charge is -2.29. The second-order valence-corrected chi connectivity index (χ2v) is 18.8. The molecule has 0 bridgehead atoms. The molecular formula is C52H93N2O6P. The Hall–Kier alpha value is -2.32. The van der Waals surface area contributed by atoms with E-state index in [1.54, 1.807) is 6.08 Å². The predicted molar refractivity (Wildman–Crippen MR) is 260 cm³/mol. The molecule has 0 spiro atoms. The van der Waals surface area contributed by atoms with Gasteiger partial charge in [-0.15, -0.1) is 0 Å². The summed E-state index contributed by atoms with van der Waals surface area (Å²) in [5.74, 6) is -0.238. The minimum absolute atomic E-state index is 0.0185. The summed E-state index contributed by atoms with van der Waals surface area (Å²) < 4.78 is 23.2. The third-order valence-corrected chi connectivity index (χ3v) is 11.3. The Kier molecular flexibility index (Phi) is 41.3. The number of aliphatic hydroxyl groups excluding tert-OH is 1. The van der Waals surface area contributed by atoms with Gasteiger partial charge >= 0.3 is 0 Å². The monoisotopic (exact) mass is 873 g/mol. The largest absolute Gasteiger partial charge is 0.756 e. The number of rotatable bonds is 43. The van der Waals surface area contributed by atoms with Gasteiger partial charge in [0, 0.05) is 6.42 Å². The van der Waals surface area contributed by atoms with E-state index in [9.17, 15) is 19.4 Å². The van der Waals surface area contributed by atoms with Gasteiger partial charge in [0.25, 0.3) is 7.82 Å². The number of phosphoric acid groups is 1. The first kappa shape index (κ1) is 58.7. The van der Waals surface area contributed by atoms with E-state index in [-0.39, 0.29) is 12.5 Å². The van der Waals surface area contributed by atoms with E-state index in [2.05, 4.69) is 92.1 Å². The van der Waals surface area contributed by atoms with Crippen LogP contribution >= 0.6 is 7.82 Å². The molecule has 0 heterocycles. The number of carbonyl (C=O) groups excluding carboxylic acids is 1. The maximum absolute atomic E-state index is 12.9. The molecule has 0 rings (SSSR count). The van der Waals surface area contributed by atoms with Gasteiger partial charge in [-0.3, -0.25) is 9.36 Å². The Bertz CT molecular complexity index is 1260. The van der Waals surface area contributed by atoms with Crippen LogP contribution in [0.1, 0.15) is 187 Å². The van der Waals surface area contributed by atoms with Crippen molar-refractivity contribution in [1.82, 2.24) is 5.32 Å². The minimum atomic E-state index is -4.62. The van der Waals surface area contributed by atoms with E-state index in [0.29, 0.717) is 17.4 Å². The summed E-state index contributed by atoms with van der Waals surface area (Å²) in [6, 6.07) is -0.927. The Balaban J connectivity index is 4.49. The van der Waals surface area contributed by atoms with Crippen LogP contribution in [0.15, 0.2) is 85.1 Å². The molecule has 0 radical (unpaired) electrons. The number of nitrogens with zero attached hydrogens (tertiary/aromatic N) is 1. The van der Waals surface area contributed by atoms with Crippen LogP contribution in [0.5, 0.6) is 0 Å². The molecule has 0 aromatic rings. The molecule has 0 aromatic carbocycles. The van der Waals surface area contributed by atoms with Crippen LogP contribution in [0.2, 0.25) is 0 Å². The molecule has 352 valence electrons. The molecule has 0 saturated carbocycles. The summed E-state index contributed by atoms with van der Waals surface area (Å²) in [5, 5.41) is 13.8. The highest BCUT2D eigenvalue weighted by molar-refractivity contribution is 7.45. The zero-order valence-corrected chi connectivity index (χ0v) is 40.7. The van der Waals surface area contributed by atoms with Gasteiger partial charge in [0.15, 0.2) is 0 Å². The van der Waals surface area contributed by atoms with Crippen molar-refractivity contribution in [3.63, 3.8) is 0 Å². The molecule has 1 amide bonds. The first-order valence-electron chi connectivity index (χ1n) is 24.4. The lowest BCUT2D eigenvalue weighted by molar-refractivity contribution is -0.870. The van der Waals surface area contributed by atoms with E-state index in [0.717, 1.165) is 83.5 Å². The summed E-state index contributed by atoms with van der Waals surface area (Å²) in [4.78, 5) is 25.4. The van der Waals surface area contributed by atoms with Gasteiger partial charge in [0.05, 0.1) is 39.9 Å². The zero-order chi connectivity index (χ0) is 45.0. The molecule has 0 fully saturated rings. The van der Waals surface area contributed by atoms with Crippen molar-refractivity contribution >= 4 is 13.7 Å². The number of hydrogen-bond donors (Lipinski definition) is 2. The van der Waals surface area contributed by atoms with Crippen molar-refractivity contribution in [3.05, 3.63) is 85.1 Å². The van der Waals surface area contributed by atoms with Gasteiger partial charge in [-0.1, -0.05) is 182 Å². The number of carbonyl (C=O) groups is 1. The van der Waals surface area contributed by atoms with Gasteiger partial charge in [0.1, 0.15) is 13.2 Å². The van der Waals surface area contributed by atoms with Crippen molar-refractivity contribution in [2.75, 3.05) is 40.9 Å². The minimum Gasteiger partial charge on any atom is -0.756 e. The second-order valence-electron chi connectivity index (χ2n) is 17.4. The van der Waals surface area contributed by atoms with Crippen LogP contribution in [0.3, 0.4) is 0 Å². The number of allylic oxidation sites excluding steroid dienone is 13. The number of quaternary nitrogens is 1. The number of unbranched alkanes of at least 4 members (excludes halogenated alkanes) is 18. The van der Waals surface area contributed by atoms with Crippen molar-refractivity contribution in [1.29, 1.82) is 0 Å². The molecule has 2 N–H and O–H groups in total. The zero-order valence-electron chi connectivity index (χ0n) is 39.8. The van der Waals surface area contributed by atoms with Gasteiger partial charge in [-0.2, -0.15) is 0 Å². The molecule has 61 heavy (non-hydrogen) atoms. The maximum Gasteiger partial charge on any atom is 0.268 e. The quantitative estimate of drug-likeness (QED) is 0.0273. The molecule has 8 nitrogen and oxygen atoms in total. The SMILES string of the molecule is CC/C=C\C/C=C\C/C=C\C/C=C\CCCCCCC(=O)NC(COP(=O)([O-])OCC[N+](C)(C)C)C(O)/C=C/CC/C=C/CC/C=C/CCCCCCCCCCCCCC. The van der Waals surface area contributed by atoms with E-state index < -0.39 is 26.6 Å². The van der Waals surface area contributed by atoms with Crippen LogP contribution in [-0.2, 0) is 18.4 Å². The van der Waals surface area contributed by atoms with Gasteiger partial charge in [-0.05, 0) is 83.5 Å². The summed E-state index contributed by atoms with van der Waals surface area (Å²) >= 11 is 0. The van der Waals surface area contributed by atoms with Crippen molar-refractivity contribution in [3.8, 4) is 0 Å². The lowest BCUT2D eigenvalue weighted by Crippen LogP contribution is -2.45. The molecule has 0 aliphatic carbocycles. The number of aliphatic hydroxyl groups is 1. The first-order chi connectivity index (χ1) is 29.5. The van der Waals surface area contributed by atoms with Crippen LogP contribution < -0.4 is 10.2 Å². The van der Waals surface area contributed by atoms with E-state index in [1.807, 2.05) is 27.2 Å². The van der Waals surface area contributed by atoms with E-state index >= 15 is 0 Å². The summed E-state index contributed by atoms with van der Waals surface area (Å²) in [6.07, 6.45) is 59.3. The topological polar surface area (TPSA) is 108 Å². The number of amides is 1. The molecule has 0 aromatic heterocycles. The number of nitrogens with one attached hydrogen (secondary N) is 1. The van der Waals surface area contributed by atoms with Gasteiger partial charge in [-0.25, -0.2) is 0 Å². The average Bonchev–Trinajstić information content (AvgIpc) is 3.21. The Labute approximate surface area is 376 Å². The van der Waals surface area contributed by atoms with E-state index in [1.165, 1.54) is 83.5 Å². The van der Waals surface area contributed by atoms with Crippen molar-refractivity contribution in [2.45, 2.75) is 199 Å². The highest BCUT2D eigenvalue weighted by atomic mass is 31.2. The maximum atomic E-state index is 12.9. The van der Waals surface area contributed by atoms with Crippen molar-refractivity contribution in [2.24, 2.45) is 0 Å². The number of hydrogen-bond acceptors (Lipinski definition) is 6. The van der Waals surface area contributed by atoms with Crippen LogP contribution in [0.4, 0.5) is 0 Å². The molecule has 0 aliphatic heterocycles. The third kappa shape index (κ3) is 45.5. The molecule has 3 atom stereocenters. The Morgan fingerprint density at radius 2 is 1.02 bits per heavy atom. The number of phosphoric ester groups is 1. The summed E-state index contributed by atoms with van der Waals surface area (Å²) in [7, 11) is 1.20. The fourth-order valence-corrected chi connectivity index (χ4v) is 7.19. The van der Waals surface area contributed by atoms with E-state index in [4.69, 9.17) is 9.05 Å². The van der Waals surface area contributed by atoms with Gasteiger partial charge in [0.2, 0.25) is 5.91 Å².